The van der Waals surface area contributed by atoms with Crippen LogP contribution in [0.15, 0.2) is 39.4 Å². The summed E-state index contributed by atoms with van der Waals surface area (Å²) in [6.45, 7) is -0.369. The minimum atomic E-state index is -0.914. The second-order valence-corrected chi connectivity index (χ2v) is 6.66. The number of nitrogens with one attached hydrogen (secondary N) is 1. The fourth-order valence-electron chi connectivity index (χ4n) is 3.53. The van der Waals surface area contributed by atoms with Crippen LogP contribution in [0, 0.1) is 0 Å². The largest absolute Gasteiger partial charge is 0.394 e. The average molecular weight is 412 g/mol. The molecule has 14 heteroatoms. The molecule has 1 fully saturated rings. The summed E-state index contributed by atoms with van der Waals surface area (Å²) < 4.78 is 8.76. The van der Waals surface area contributed by atoms with Crippen molar-refractivity contribution in [1.82, 2.24) is 34.5 Å². The molecular formula is C16H16N10O4. The van der Waals surface area contributed by atoms with Gasteiger partial charge < -0.3 is 20.8 Å². The number of nitrogens with zero attached hydrogens (tertiary/aromatic N) is 8. The van der Waals surface area contributed by atoms with Crippen molar-refractivity contribution in [3.05, 3.63) is 34.6 Å². The van der Waals surface area contributed by atoms with Crippen molar-refractivity contribution in [2.45, 2.75) is 24.9 Å². The molecule has 3 atom stereocenters. The maximum atomic E-state index is 12.6. The van der Waals surface area contributed by atoms with Gasteiger partial charge in [-0.25, -0.2) is 4.98 Å². The third-order valence-electron chi connectivity index (χ3n) is 4.89. The summed E-state index contributed by atoms with van der Waals surface area (Å²) in [5, 5.41) is 34.7. The fraction of sp³-hybridized carbons (Fsp3) is 0.312. The van der Waals surface area contributed by atoms with E-state index in [0.717, 1.165) is 0 Å². The number of imidazole rings is 1. The molecule has 4 aromatic rings. The molecule has 0 aliphatic carbocycles. The number of aliphatic hydroxyl groups excluding tert-OH is 2. The van der Waals surface area contributed by atoms with Crippen LogP contribution >= 0.6 is 0 Å². The van der Waals surface area contributed by atoms with Gasteiger partial charge in [-0.05, 0) is 12.1 Å². The Morgan fingerprint density at radius 3 is 2.93 bits per heavy atom. The molecular weight excluding hydrogens is 396 g/mol. The number of aliphatic hydroxyl groups is 2. The van der Waals surface area contributed by atoms with Crippen LogP contribution in [0.5, 0.6) is 0 Å². The van der Waals surface area contributed by atoms with E-state index in [1.807, 2.05) is 12.1 Å². The lowest BCUT2D eigenvalue weighted by molar-refractivity contribution is -0.0432. The Labute approximate surface area is 166 Å². The van der Waals surface area contributed by atoms with Gasteiger partial charge >= 0.3 is 0 Å². The average Bonchev–Trinajstić information content (AvgIpc) is 3.42. The Kier molecular flexibility index (Phi) is 4.23. The summed E-state index contributed by atoms with van der Waals surface area (Å²) in [7, 11) is 0. The lowest BCUT2D eigenvalue weighted by Gasteiger charge is -2.16. The normalized spacial score (nSPS) is 22.0. The van der Waals surface area contributed by atoms with Gasteiger partial charge in [-0.15, -0.1) is 5.10 Å². The quantitative estimate of drug-likeness (QED) is 0.193. The number of aromatic amines is 1. The number of hydrogen-bond donors (Lipinski definition) is 4. The first-order valence-corrected chi connectivity index (χ1v) is 8.99. The molecule has 1 aromatic carbocycles. The Morgan fingerprint density at radius 1 is 1.33 bits per heavy atom. The monoisotopic (exact) mass is 412 g/mol. The number of benzene rings is 1. The number of rotatable bonds is 4. The second-order valence-electron chi connectivity index (χ2n) is 6.66. The van der Waals surface area contributed by atoms with E-state index in [1.165, 1.54) is 9.25 Å². The van der Waals surface area contributed by atoms with Gasteiger partial charge in [-0.2, -0.15) is 9.67 Å². The predicted molar refractivity (Wildman–Crippen MR) is 101 cm³/mol. The third kappa shape index (κ3) is 2.73. The van der Waals surface area contributed by atoms with Crippen LogP contribution in [0.4, 0.5) is 5.95 Å². The van der Waals surface area contributed by atoms with E-state index in [1.54, 1.807) is 12.1 Å². The van der Waals surface area contributed by atoms with Gasteiger partial charge in [-0.1, -0.05) is 27.7 Å². The number of H-pyrrole nitrogens is 1. The maximum Gasteiger partial charge on any atom is 0.280 e. The first-order valence-electron chi connectivity index (χ1n) is 8.99. The van der Waals surface area contributed by atoms with E-state index in [-0.39, 0.29) is 36.1 Å². The molecule has 1 aliphatic rings. The molecule has 0 spiro atoms. The maximum absolute atomic E-state index is 12.6. The Hall–Kier alpha value is -3.75. The van der Waals surface area contributed by atoms with Crippen molar-refractivity contribution in [1.29, 1.82) is 0 Å². The van der Waals surface area contributed by atoms with Crippen LogP contribution in [0.2, 0.25) is 0 Å². The lowest BCUT2D eigenvalue weighted by Crippen LogP contribution is -2.24. The van der Waals surface area contributed by atoms with Gasteiger partial charge in [0.25, 0.3) is 11.5 Å². The van der Waals surface area contributed by atoms with Gasteiger partial charge in [0.2, 0.25) is 5.95 Å². The van der Waals surface area contributed by atoms with E-state index in [0.29, 0.717) is 11.0 Å². The van der Waals surface area contributed by atoms with Crippen molar-refractivity contribution < 1.29 is 14.9 Å². The molecule has 1 unspecified atom stereocenters. The summed E-state index contributed by atoms with van der Waals surface area (Å²) in [5.41, 5.74) is 0.836. The van der Waals surface area contributed by atoms with Gasteiger partial charge in [-0.3, -0.25) is 14.3 Å². The van der Waals surface area contributed by atoms with Crippen molar-refractivity contribution in [3.63, 3.8) is 0 Å². The van der Waals surface area contributed by atoms with Gasteiger partial charge in [0.05, 0.1) is 18.2 Å². The molecule has 1 saturated heterocycles. The Balaban J connectivity index is 1.80. The molecule has 4 heterocycles. The first-order chi connectivity index (χ1) is 14.6. The van der Waals surface area contributed by atoms with Crippen molar-refractivity contribution in [2.75, 3.05) is 6.61 Å². The zero-order valence-corrected chi connectivity index (χ0v) is 15.3. The van der Waals surface area contributed by atoms with E-state index in [9.17, 15) is 15.0 Å². The summed E-state index contributed by atoms with van der Waals surface area (Å²) >= 11 is 0. The zero-order valence-electron chi connectivity index (χ0n) is 15.3. The second kappa shape index (κ2) is 6.94. The number of para-hydroxylation sites is 1. The predicted octanol–water partition coefficient (Wildman–Crippen LogP) is -0.548. The van der Waals surface area contributed by atoms with Crippen LogP contribution in [0.1, 0.15) is 12.6 Å². The zero-order chi connectivity index (χ0) is 20.8. The number of aromatic nitrogens is 7. The molecule has 0 radical (unpaired) electrons. The Morgan fingerprint density at radius 2 is 2.17 bits per heavy atom. The summed E-state index contributed by atoms with van der Waals surface area (Å²) in [5.74, 6) is 5.16. The first kappa shape index (κ1) is 18.3. The molecule has 3 aromatic heterocycles. The highest BCUT2D eigenvalue weighted by Crippen LogP contribution is 2.33. The molecule has 0 saturated carbocycles. The number of hydrogen-bond acceptors (Lipinski definition) is 10. The number of ether oxygens (including phenoxy) is 1. The molecule has 0 bridgehead atoms. The van der Waals surface area contributed by atoms with Gasteiger partial charge in [0.1, 0.15) is 17.8 Å². The van der Waals surface area contributed by atoms with Crippen molar-refractivity contribution >= 4 is 28.1 Å². The third-order valence-corrected chi connectivity index (χ3v) is 4.89. The molecule has 0 amide bonds. The van der Waals surface area contributed by atoms with Crippen LogP contribution < -0.4 is 11.4 Å². The summed E-state index contributed by atoms with van der Waals surface area (Å²) in [6.07, 6.45) is -2.35. The highest BCUT2D eigenvalue weighted by molar-refractivity contribution is 5.78. The van der Waals surface area contributed by atoms with Gasteiger partial charge in [0.15, 0.2) is 11.2 Å². The standard InChI is InChI=1S/C16H16N10O4/c17-23-22-15-19-13-12(14(29)20-15)18-16(25(13)11-5-9(28)10(6-27)30-11)26-8-4-2-1-3-7(8)21-24-26/h1-4,9-11,27-28H,5-6H2,(H3,17,19,20,22,29)/t9?,10-,11-/m1/s1. The van der Waals surface area contributed by atoms with E-state index < -0.39 is 24.0 Å². The fourth-order valence-corrected chi connectivity index (χ4v) is 3.53. The molecule has 5 N–H and O–H groups in total. The SMILES string of the molecule is NN=Nc1nc2c(nc(-n3nnc4ccccc43)n2[C@H]2CC(O)[C@@H](CO)O2)c(=O)[nH]1. The van der Waals surface area contributed by atoms with Crippen LogP contribution in [0.25, 0.3) is 28.1 Å². The minimum Gasteiger partial charge on any atom is -0.394 e. The van der Waals surface area contributed by atoms with Crippen LogP contribution in [0.3, 0.4) is 0 Å². The smallest absolute Gasteiger partial charge is 0.280 e. The van der Waals surface area contributed by atoms with E-state index in [4.69, 9.17) is 10.6 Å². The van der Waals surface area contributed by atoms with Gasteiger partial charge in [0, 0.05) is 6.42 Å². The van der Waals surface area contributed by atoms with Crippen LogP contribution in [-0.4, -0.2) is 63.5 Å². The summed E-state index contributed by atoms with van der Waals surface area (Å²) in [6, 6.07) is 7.22. The van der Waals surface area contributed by atoms with E-state index >= 15 is 0 Å². The topological polar surface area (TPSA) is 195 Å². The number of nitrogens with two attached hydrogens (primary N) is 1. The highest BCUT2D eigenvalue weighted by atomic mass is 16.5. The molecule has 14 nitrogen and oxygen atoms in total. The Bertz CT molecular complexity index is 1320. The van der Waals surface area contributed by atoms with E-state index in [2.05, 4.69) is 35.6 Å². The molecule has 154 valence electrons. The molecule has 5 rings (SSSR count). The molecule has 30 heavy (non-hydrogen) atoms. The molecule has 1 aliphatic heterocycles. The van der Waals surface area contributed by atoms with Crippen molar-refractivity contribution in [2.24, 2.45) is 16.2 Å². The van der Waals surface area contributed by atoms with Crippen molar-refractivity contribution in [3.8, 4) is 5.95 Å². The minimum absolute atomic E-state index is 0.00564. The summed E-state index contributed by atoms with van der Waals surface area (Å²) in [4.78, 5) is 23.7. The van der Waals surface area contributed by atoms with Crippen LogP contribution in [-0.2, 0) is 4.74 Å². The lowest BCUT2D eigenvalue weighted by atomic mass is 10.2. The number of fused-ring (bicyclic) bond motifs is 2. The highest BCUT2D eigenvalue weighted by Gasteiger charge is 2.37.